The molecular formula is C24H25F3N8O. The van der Waals surface area contributed by atoms with Crippen LogP contribution in [0.25, 0.3) is 17.2 Å². The molecule has 0 bridgehead atoms. The van der Waals surface area contributed by atoms with E-state index in [1.165, 1.54) is 16.7 Å². The molecule has 2 aliphatic heterocycles. The van der Waals surface area contributed by atoms with Gasteiger partial charge in [-0.15, -0.1) is 0 Å². The Morgan fingerprint density at radius 3 is 2.61 bits per heavy atom. The van der Waals surface area contributed by atoms with Gasteiger partial charge in [0, 0.05) is 42.8 Å². The lowest BCUT2D eigenvalue weighted by Crippen LogP contribution is -2.61. The van der Waals surface area contributed by atoms with Crippen LogP contribution >= 0.6 is 0 Å². The number of hydrogen-bond donors (Lipinski definition) is 1. The van der Waals surface area contributed by atoms with E-state index in [4.69, 9.17) is 9.72 Å². The van der Waals surface area contributed by atoms with Crippen molar-refractivity contribution in [2.75, 3.05) is 31.2 Å². The highest BCUT2D eigenvalue weighted by molar-refractivity contribution is 5.59. The molecule has 0 radical (unpaired) electrons. The van der Waals surface area contributed by atoms with E-state index in [9.17, 15) is 13.2 Å². The van der Waals surface area contributed by atoms with E-state index in [0.717, 1.165) is 36.6 Å². The maximum Gasteiger partial charge on any atom is 0.417 e. The third-order valence-corrected chi connectivity index (χ3v) is 7.18. The molecule has 0 amide bonds. The fourth-order valence-corrected chi connectivity index (χ4v) is 5.20. The minimum atomic E-state index is -4.46. The topological polar surface area (TPSA) is 87.5 Å². The second-order valence-corrected chi connectivity index (χ2v) is 9.28. The van der Waals surface area contributed by atoms with Crippen molar-refractivity contribution in [2.45, 2.75) is 38.1 Å². The number of imidazole rings is 1. The Morgan fingerprint density at radius 1 is 1.08 bits per heavy atom. The van der Waals surface area contributed by atoms with Gasteiger partial charge in [-0.1, -0.05) is 0 Å². The van der Waals surface area contributed by atoms with Crippen LogP contribution in [0.1, 0.15) is 29.8 Å². The number of pyridine rings is 1. The molecule has 0 saturated carbocycles. The summed E-state index contributed by atoms with van der Waals surface area (Å²) in [5, 5.41) is 7.31. The predicted molar refractivity (Wildman–Crippen MR) is 125 cm³/mol. The number of rotatable bonds is 4. The molecule has 36 heavy (non-hydrogen) atoms. The SMILES string of the molecule is Cc1[nH]ncc1[C@@H]1[C@H](C)N(c2ccnc(-c3cnc4ccc(C(F)(F)F)cn34)n2)CCN1C1COC1. The van der Waals surface area contributed by atoms with Crippen molar-refractivity contribution in [3.63, 3.8) is 0 Å². The van der Waals surface area contributed by atoms with Crippen LogP contribution in [-0.4, -0.2) is 72.8 Å². The highest BCUT2D eigenvalue weighted by Gasteiger charge is 2.42. The third kappa shape index (κ3) is 3.80. The van der Waals surface area contributed by atoms with E-state index >= 15 is 0 Å². The number of alkyl halides is 3. The molecule has 12 heteroatoms. The summed E-state index contributed by atoms with van der Waals surface area (Å²) in [6.45, 7) is 7.17. The molecule has 0 aliphatic carbocycles. The van der Waals surface area contributed by atoms with Crippen LogP contribution in [0, 0.1) is 6.92 Å². The fraction of sp³-hybridized carbons (Fsp3) is 0.417. The van der Waals surface area contributed by atoms with Gasteiger partial charge in [-0.3, -0.25) is 14.4 Å². The number of piperazine rings is 1. The van der Waals surface area contributed by atoms with Crippen LogP contribution in [0.15, 0.2) is 43.0 Å². The van der Waals surface area contributed by atoms with Crippen molar-refractivity contribution < 1.29 is 17.9 Å². The van der Waals surface area contributed by atoms with Gasteiger partial charge < -0.3 is 9.64 Å². The summed E-state index contributed by atoms with van der Waals surface area (Å²) >= 11 is 0. The van der Waals surface area contributed by atoms with Crippen molar-refractivity contribution in [3.8, 4) is 11.5 Å². The Labute approximate surface area is 204 Å². The number of aryl methyl sites for hydroxylation is 1. The Morgan fingerprint density at radius 2 is 1.92 bits per heavy atom. The average Bonchev–Trinajstić information content (AvgIpc) is 3.43. The normalized spacial score (nSPS) is 21.8. The number of aromatic nitrogens is 6. The van der Waals surface area contributed by atoms with E-state index in [1.807, 2.05) is 19.2 Å². The van der Waals surface area contributed by atoms with Gasteiger partial charge in [-0.05, 0) is 32.0 Å². The summed E-state index contributed by atoms with van der Waals surface area (Å²) < 4.78 is 46.8. The minimum absolute atomic E-state index is 0.0532. The molecule has 188 valence electrons. The van der Waals surface area contributed by atoms with Crippen molar-refractivity contribution in [1.29, 1.82) is 0 Å². The molecule has 0 aromatic carbocycles. The minimum Gasteiger partial charge on any atom is -0.378 e. The summed E-state index contributed by atoms with van der Waals surface area (Å²) in [7, 11) is 0. The zero-order chi connectivity index (χ0) is 25.0. The van der Waals surface area contributed by atoms with Gasteiger partial charge in [0.1, 0.15) is 17.2 Å². The molecule has 4 aromatic rings. The second kappa shape index (κ2) is 8.56. The smallest absolute Gasteiger partial charge is 0.378 e. The van der Waals surface area contributed by atoms with Crippen molar-refractivity contribution in [1.82, 2.24) is 34.4 Å². The molecular weight excluding hydrogens is 473 g/mol. The number of fused-ring (bicyclic) bond motifs is 1. The number of H-pyrrole nitrogens is 1. The van der Waals surface area contributed by atoms with Gasteiger partial charge in [0.05, 0.1) is 43.3 Å². The number of aromatic amines is 1. The van der Waals surface area contributed by atoms with Crippen LogP contribution in [0.5, 0.6) is 0 Å². The largest absolute Gasteiger partial charge is 0.417 e. The maximum absolute atomic E-state index is 13.3. The number of halogens is 3. The first-order valence-electron chi connectivity index (χ1n) is 11.8. The van der Waals surface area contributed by atoms with Crippen LogP contribution < -0.4 is 4.90 Å². The number of anilines is 1. The van der Waals surface area contributed by atoms with Crippen molar-refractivity contribution in [2.24, 2.45) is 0 Å². The predicted octanol–water partition coefficient (Wildman–Crippen LogP) is 3.49. The van der Waals surface area contributed by atoms with Crippen molar-refractivity contribution >= 4 is 11.5 Å². The quantitative estimate of drug-likeness (QED) is 0.461. The first-order valence-corrected chi connectivity index (χ1v) is 11.8. The Hall–Kier alpha value is -3.51. The number of ether oxygens (including phenoxy) is 1. The Kier molecular flexibility index (Phi) is 5.45. The zero-order valence-corrected chi connectivity index (χ0v) is 19.8. The third-order valence-electron chi connectivity index (χ3n) is 7.18. The average molecular weight is 499 g/mol. The molecule has 0 spiro atoms. The highest BCUT2D eigenvalue weighted by atomic mass is 19.4. The molecule has 6 heterocycles. The lowest BCUT2D eigenvalue weighted by molar-refractivity contribution is -0.137. The van der Waals surface area contributed by atoms with Crippen LogP contribution in [0.2, 0.25) is 0 Å². The lowest BCUT2D eigenvalue weighted by atomic mass is 9.93. The number of nitrogens with zero attached hydrogens (tertiary/aromatic N) is 7. The zero-order valence-electron chi connectivity index (χ0n) is 19.8. The monoisotopic (exact) mass is 498 g/mol. The highest BCUT2D eigenvalue weighted by Crippen LogP contribution is 2.37. The first kappa shape index (κ1) is 22.9. The van der Waals surface area contributed by atoms with Gasteiger partial charge in [-0.25, -0.2) is 15.0 Å². The van der Waals surface area contributed by atoms with E-state index < -0.39 is 11.7 Å². The van der Waals surface area contributed by atoms with Gasteiger partial charge in [0.25, 0.3) is 0 Å². The Bertz CT molecular complexity index is 1400. The lowest BCUT2D eigenvalue weighted by Gasteiger charge is -2.51. The van der Waals surface area contributed by atoms with Gasteiger partial charge in [0.15, 0.2) is 5.82 Å². The van der Waals surface area contributed by atoms with Crippen LogP contribution in [0.4, 0.5) is 19.0 Å². The molecule has 2 fully saturated rings. The summed E-state index contributed by atoms with van der Waals surface area (Å²) in [4.78, 5) is 18.1. The van der Waals surface area contributed by atoms with E-state index in [1.54, 1.807) is 6.20 Å². The number of hydrogen-bond acceptors (Lipinski definition) is 7. The standard InChI is InChI=1S/C24H25F3N8O/c1-14-18(9-30-32-14)22-15(2)33(7-8-34(22)17-12-36-13-17)21-5-6-28-23(31-21)19-10-29-20-4-3-16(11-35(19)20)24(25,26)27/h3-6,9-11,15,17,22H,7-8,12-13H2,1-2H3,(H,30,32)/t15-,22-/m0/s1. The molecule has 9 nitrogen and oxygen atoms in total. The van der Waals surface area contributed by atoms with Gasteiger partial charge in [0.2, 0.25) is 0 Å². The molecule has 1 N–H and O–H groups in total. The summed E-state index contributed by atoms with van der Waals surface area (Å²) in [6, 6.07) is 4.70. The summed E-state index contributed by atoms with van der Waals surface area (Å²) in [5.41, 5.74) is 2.20. The van der Waals surface area contributed by atoms with Gasteiger partial charge >= 0.3 is 6.18 Å². The van der Waals surface area contributed by atoms with Crippen LogP contribution in [0.3, 0.4) is 0 Å². The number of nitrogens with one attached hydrogen (secondary N) is 1. The van der Waals surface area contributed by atoms with Crippen LogP contribution in [-0.2, 0) is 10.9 Å². The molecule has 6 rings (SSSR count). The summed E-state index contributed by atoms with van der Waals surface area (Å²) in [6.07, 6.45) is 1.60. The molecule has 2 aliphatic rings. The summed E-state index contributed by atoms with van der Waals surface area (Å²) in [5.74, 6) is 1.03. The van der Waals surface area contributed by atoms with Crippen molar-refractivity contribution in [3.05, 3.63) is 59.8 Å². The second-order valence-electron chi connectivity index (χ2n) is 9.28. The molecule has 2 atom stereocenters. The maximum atomic E-state index is 13.3. The van der Waals surface area contributed by atoms with E-state index in [2.05, 4.69) is 36.9 Å². The molecule has 0 unspecified atom stereocenters. The van der Waals surface area contributed by atoms with E-state index in [0.29, 0.717) is 42.2 Å². The Balaban J connectivity index is 1.36. The molecule has 2 saturated heterocycles. The fourth-order valence-electron chi connectivity index (χ4n) is 5.20. The first-order chi connectivity index (χ1) is 17.3. The molecule has 4 aromatic heterocycles. The van der Waals surface area contributed by atoms with E-state index in [-0.39, 0.29) is 12.1 Å². The van der Waals surface area contributed by atoms with Gasteiger partial charge in [-0.2, -0.15) is 18.3 Å².